The Balaban J connectivity index is 1.59. The van der Waals surface area contributed by atoms with E-state index in [-0.39, 0.29) is 19.1 Å². The zero-order chi connectivity index (χ0) is 16.8. The van der Waals surface area contributed by atoms with Crippen LogP contribution in [0.2, 0.25) is 0 Å². The van der Waals surface area contributed by atoms with Crippen molar-refractivity contribution in [2.45, 2.75) is 31.9 Å². The predicted octanol–water partition coefficient (Wildman–Crippen LogP) is 1.61. The number of carbonyl (C=O) groups excluding carboxylic acids is 1. The van der Waals surface area contributed by atoms with E-state index >= 15 is 0 Å². The molecule has 7 heteroatoms. The Morgan fingerprint density at radius 2 is 2.42 bits per heavy atom. The van der Waals surface area contributed by atoms with Crippen LogP contribution in [0, 0.1) is 0 Å². The van der Waals surface area contributed by atoms with Crippen LogP contribution in [0.5, 0.6) is 0 Å². The van der Waals surface area contributed by atoms with Crippen LogP contribution in [0.4, 0.5) is 0 Å². The second-order valence-corrected chi connectivity index (χ2v) is 5.89. The van der Waals surface area contributed by atoms with Gasteiger partial charge in [-0.3, -0.25) is 4.79 Å². The lowest BCUT2D eigenvalue weighted by Gasteiger charge is -2.23. The Morgan fingerprint density at radius 1 is 1.50 bits per heavy atom. The summed E-state index contributed by atoms with van der Waals surface area (Å²) < 4.78 is 9.92. The molecule has 0 saturated carbocycles. The number of ether oxygens (including phenoxy) is 1. The third-order valence-corrected chi connectivity index (χ3v) is 4.10. The van der Waals surface area contributed by atoms with E-state index in [0.29, 0.717) is 23.2 Å². The number of carbonyl (C=O) groups is 1. The highest BCUT2D eigenvalue weighted by molar-refractivity contribution is 5.94. The van der Waals surface area contributed by atoms with Gasteiger partial charge in [0.2, 0.25) is 0 Å². The highest BCUT2D eigenvalue weighted by Crippen LogP contribution is 2.23. The van der Waals surface area contributed by atoms with Gasteiger partial charge in [0.05, 0.1) is 6.54 Å². The molecule has 0 bridgehead atoms. The molecule has 24 heavy (non-hydrogen) atoms. The van der Waals surface area contributed by atoms with Gasteiger partial charge < -0.3 is 19.9 Å². The molecule has 2 aromatic rings. The van der Waals surface area contributed by atoms with Gasteiger partial charge in [0.1, 0.15) is 6.61 Å². The van der Waals surface area contributed by atoms with Crippen LogP contribution >= 0.6 is 0 Å². The van der Waals surface area contributed by atoms with Crippen LogP contribution in [0.3, 0.4) is 0 Å². The molecule has 1 saturated heterocycles. The van der Waals surface area contributed by atoms with Crippen LogP contribution in [-0.4, -0.2) is 36.2 Å². The Hall–Kier alpha value is -2.25. The van der Waals surface area contributed by atoms with E-state index in [9.17, 15) is 4.79 Å². The molecule has 2 N–H and O–H groups in total. The van der Waals surface area contributed by atoms with Crippen molar-refractivity contribution in [2.24, 2.45) is 0 Å². The van der Waals surface area contributed by atoms with Gasteiger partial charge in [0, 0.05) is 19.2 Å². The van der Waals surface area contributed by atoms with Crippen LogP contribution < -0.4 is 10.6 Å². The van der Waals surface area contributed by atoms with Gasteiger partial charge in [-0.05, 0) is 43.0 Å². The maximum Gasteiger partial charge on any atom is 0.252 e. The molecule has 1 amide bonds. The number of nitrogens with one attached hydrogen (secondary N) is 2. The summed E-state index contributed by atoms with van der Waals surface area (Å²) in [6.45, 7) is 2.53. The zero-order valence-electron chi connectivity index (χ0n) is 13.7. The summed E-state index contributed by atoms with van der Waals surface area (Å²) in [6, 6.07) is 7.82. The second kappa shape index (κ2) is 8.03. The standard InChI is InChI=1S/C17H22N4O3/c1-23-11-16-20-15(21-24-16)10-19-17(22)13-5-2-4-12(8-13)14-6-3-7-18-9-14/h2,4-5,8,14,18H,3,6-7,9-11H2,1H3,(H,19,22)/t14-/m0/s1. The Labute approximate surface area is 140 Å². The van der Waals surface area contributed by atoms with Crippen LogP contribution in [0.25, 0.3) is 0 Å². The van der Waals surface area contributed by atoms with E-state index in [2.05, 4.69) is 26.8 Å². The molecule has 2 heterocycles. The van der Waals surface area contributed by atoms with E-state index in [1.165, 1.54) is 12.0 Å². The lowest BCUT2D eigenvalue weighted by molar-refractivity contribution is 0.0949. The van der Waals surface area contributed by atoms with E-state index in [1.807, 2.05) is 18.2 Å². The summed E-state index contributed by atoms with van der Waals surface area (Å²) in [5, 5.41) is 10.0. The average molecular weight is 330 g/mol. The molecule has 0 spiro atoms. The molecule has 0 radical (unpaired) electrons. The molecule has 1 atom stereocenters. The first-order valence-electron chi connectivity index (χ1n) is 8.15. The minimum atomic E-state index is -0.140. The Morgan fingerprint density at radius 3 is 3.21 bits per heavy atom. The molecular weight excluding hydrogens is 308 g/mol. The number of hydrogen-bond acceptors (Lipinski definition) is 6. The van der Waals surface area contributed by atoms with Gasteiger partial charge in [0.15, 0.2) is 5.82 Å². The Kier molecular flexibility index (Phi) is 5.55. The van der Waals surface area contributed by atoms with Crippen LogP contribution in [0.1, 0.15) is 46.4 Å². The van der Waals surface area contributed by atoms with Crippen molar-refractivity contribution < 1.29 is 14.1 Å². The normalized spacial score (nSPS) is 17.6. The van der Waals surface area contributed by atoms with Crippen molar-refractivity contribution in [2.75, 3.05) is 20.2 Å². The number of nitrogens with zero attached hydrogens (tertiary/aromatic N) is 2. The van der Waals surface area contributed by atoms with Gasteiger partial charge in [-0.1, -0.05) is 17.3 Å². The average Bonchev–Trinajstić information content (AvgIpc) is 3.08. The van der Waals surface area contributed by atoms with Crippen molar-refractivity contribution in [3.8, 4) is 0 Å². The molecule has 1 aliphatic rings. The molecule has 1 aromatic carbocycles. The fourth-order valence-electron chi connectivity index (χ4n) is 2.88. The molecule has 0 unspecified atom stereocenters. The second-order valence-electron chi connectivity index (χ2n) is 5.89. The van der Waals surface area contributed by atoms with Crippen LogP contribution in [-0.2, 0) is 17.9 Å². The number of rotatable bonds is 6. The lowest BCUT2D eigenvalue weighted by atomic mass is 9.90. The third-order valence-electron chi connectivity index (χ3n) is 4.10. The van der Waals surface area contributed by atoms with Gasteiger partial charge in [0.25, 0.3) is 11.8 Å². The summed E-state index contributed by atoms with van der Waals surface area (Å²) in [7, 11) is 1.56. The summed E-state index contributed by atoms with van der Waals surface area (Å²) in [5.74, 6) is 1.16. The minimum absolute atomic E-state index is 0.140. The van der Waals surface area contributed by atoms with Crippen molar-refractivity contribution >= 4 is 5.91 Å². The molecular formula is C17H22N4O3. The van der Waals surface area contributed by atoms with Crippen LogP contribution in [0.15, 0.2) is 28.8 Å². The topological polar surface area (TPSA) is 89.3 Å². The fraction of sp³-hybridized carbons (Fsp3) is 0.471. The summed E-state index contributed by atoms with van der Waals surface area (Å²) in [4.78, 5) is 16.5. The van der Waals surface area contributed by atoms with E-state index < -0.39 is 0 Å². The SMILES string of the molecule is COCc1nc(CNC(=O)c2cccc([C@H]3CCCNC3)c2)no1. The van der Waals surface area contributed by atoms with Gasteiger partial charge >= 0.3 is 0 Å². The van der Waals surface area contributed by atoms with Gasteiger partial charge in [-0.15, -0.1) is 0 Å². The van der Waals surface area contributed by atoms with Crippen molar-refractivity contribution in [3.05, 3.63) is 47.1 Å². The first-order chi connectivity index (χ1) is 11.8. The minimum Gasteiger partial charge on any atom is -0.375 e. The number of aromatic nitrogens is 2. The Bertz CT molecular complexity index is 680. The number of piperidine rings is 1. The van der Waals surface area contributed by atoms with E-state index in [1.54, 1.807) is 7.11 Å². The number of methoxy groups -OCH3 is 1. The molecule has 1 aliphatic heterocycles. The predicted molar refractivity (Wildman–Crippen MR) is 87.5 cm³/mol. The third kappa shape index (κ3) is 4.18. The maximum atomic E-state index is 12.3. The molecule has 0 aliphatic carbocycles. The monoisotopic (exact) mass is 330 g/mol. The smallest absolute Gasteiger partial charge is 0.252 e. The highest BCUT2D eigenvalue weighted by Gasteiger charge is 2.16. The first-order valence-corrected chi connectivity index (χ1v) is 8.15. The lowest BCUT2D eigenvalue weighted by Crippen LogP contribution is -2.28. The molecule has 3 rings (SSSR count). The summed E-state index contributed by atoms with van der Waals surface area (Å²) in [5.41, 5.74) is 1.86. The quantitative estimate of drug-likeness (QED) is 0.836. The largest absolute Gasteiger partial charge is 0.375 e. The molecule has 7 nitrogen and oxygen atoms in total. The van der Waals surface area contributed by atoms with E-state index in [4.69, 9.17) is 9.26 Å². The van der Waals surface area contributed by atoms with Gasteiger partial charge in [-0.2, -0.15) is 4.98 Å². The van der Waals surface area contributed by atoms with Gasteiger partial charge in [-0.25, -0.2) is 0 Å². The van der Waals surface area contributed by atoms with E-state index in [0.717, 1.165) is 19.5 Å². The molecule has 1 fully saturated rings. The van der Waals surface area contributed by atoms with Crippen molar-refractivity contribution in [1.29, 1.82) is 0 Å². The molecule has 128 valence electrons. The molecule has 1 aromatic heterocycles. The zero-order valence-corrected chi connectivity index (χ0v) is 13.7. The first kappa shape index (κ1) is 16.6. The maximum absolute atomic E-state index is 12.3. The number of amides is 1. The fourth-order valence-corrected chi connectivity index (χ4v) is 2.88. The number of benzene rings is 1. The van der Waals surface area contributed by atoms with Crippen molar-refractivity contribution in [3.63, 3.8) is 0 Å². The summed E-state index contributed by atoms with van der Waals surface area (Å²) in [6.07, 6.45) is 2.33. The summed E-state index contributed by atoms with van der Waals surface area (Å²) >= 11 is 0. The van der Waals surface area contributed by atoms with Crippen molar-refractivity contribution in [1.82, 2.24) is 20.8 Å². The highest BCUT2D eigenvalue weighted by atomic mass is 16.5. The number of hydrogen-bond donors (Lipinski definition) is 2.